The molecular weight excluding hydrogens is 456 g/mol. The number of amides is 1. The molecule has 2 aliphatic heterocycles. The quantitative estimate of drug-likeness (QED) is 0.604. The van der Waals surface area contributed by atoms with Gasteiger partial charge >= 0.3 is 0 Å². The Morgan fingerprint density at radius 2 is 1.68 bits per heavy atom. The van der Waals surface area contributed by atoms with Gasteiger partial charge in [-0.3, -0.25) is 9.59 Å². The first-order chi connectivity index (χ1) is 16.2. The number of sulfonamides is 1. The Morgan fingerprint density at radius 1 is 0.971 bits per heavy atom. The summed E-state index contributed by atoms with van der Waals surface area (Å²) in [7, 11) is -3.67. The fourth-order valence-electron chi connectivity index (χ4n) is 4.24. The maximum atomic E-state index is 12.9. The first kappa shape index (κ1) is 24.2. The number of hydrogen-bond donors (Lipinski definition) is 1. The van der Waals surface area contributed by atoms with Crippen molar-refractivity contribution >= 4 is 21.7 Å². The average molecular weight is 487 g/mol. The van der Waals surface area contributed by atoms with Gasteiger partial charge in [0.2, 0.25) is 15.9 Å². The maximum Gasteiger partial charge on any atom is 0.240 e. The van der Waals surface area contributed by atoms with Crippen LogP contribution in [0.3, 0.4) is 0 Å². The molecule has 0 bridgehead atoms. The molecule has 0 spiro atoms. The lowest BCUT2D eigenvalue weighted by Crippen LogP contribution is -2.41. The Bertz CT molecular complexity index is 1190. The minimum Gasteiger partial charge on any atom is -0.486 e. The number of nitrogens with one attached hydrogen (secondary N) is 1. The number of ketones is 1. The van der Waals surface area contributed by atoms with Crippen molar-refractivity contribution in [1.29, 1.82) is 0 Å². The Morgan fingerprint density at radius 3 is 2.38 bits per heavy atom. The Kier molecular flexibility index (Phi) is 7.23. The van der Waals surface area contributed by atoms with Crippen molar-refractivity contribution in [2.75, 3.05) is 32.8 Å². The van der Waals surface area contributed by atoms with E-state index in [0.29, 0.717) is 56.2 Å². The number of fused-ring (bicyclic) bond motifs is 1. The third kappa shape index (κ3) is 5.42. The van der Waals surface area contributed by atoms with Crippen LogP contribution in [0.1, 0.15) is 40.7 Å². The van der Waals surface area contributed by atoms with E-state index < -0.39 is 10.0 Å². The van der Waals surface area contributed by atoms with Gasteiger partial charge in [0.25, 0.3) is 0 Å². The lowest BCUT2D eigenvalue weighted by Gasteiger charge is -2.31. The van der Waals surface area contributed by atoms with Crippen molar-refractivity contribution in [2.24, 2.45) is 5.92 Å². The molecule has 34 heavy (non-hydrogen) atoms. The molecule has 2 aromatic rings. The zero-order valence-corrected chi connectivity index (χ0v) is 20.3. The van der Waals surface area contributed by atoms with E-state index in [1.165, 1.54) is 0 Å². The smallest absolute Gasteiger partial charge is 0.240 e. The second kappa shape index (κ2) is 10.1. The molecule has 0 unspecified atom stereocenters. The van der Waals surface area contributed by atoms with Gasteiger partial charge in [-0.25, -0.2) is 13.1 Å². The fourth-order valence-corrected chi connectivity index (χ4v) is 5.35. The molecule has 4 rings (SSSR count). The molecule has 182 valence electrons. The highest BCUT2D eigenvalue weighted by Gasteiger charge is 2.29. The Hall–Kier alpha value is -2.91. The van der Waals surface area contributed by atoms with Gasteiger partial charge in [-0.15, -0.1) is 0 Å². The topological polar surface area (TPSA) is 102 Å². The van der Waals surface area contributed by atoms with Gasteiger partial charge in [0, 0.05) is 37.5 Å². The number of hydrogen-bond acceptors (Lipinski definition) is 6. The van der Waals surface area contributed by atoms with Gasteiger partial charge in [0.1, 0.15) is 13.2 Å². The predicted octanol–water partition coefficient (Wildman–Crippen LogP) is 2.86. The third-order valence-corrected chi connectivity index (χ3v) is 7.92. The number of ether oxygens (including phenoxy) is 2. The zero-order chi connectivity index (χ0) is 24.3. The van der Waals surface area contributed by atoms with E-state index in [9.17, 15) is 18.0 Å². The summed E-state index contributed by atoms with van der Waals surface area (Å²) in [6.07, 6.45) is 1.23. The lowest BCUT2D eigenvalue weighted by atomic mass is 9.88. The summed E-state index contributed by atoms with van der Waals surface area (Å²) >= 11 is 0. The van der Waals surface area contributed by atoms with E-state index in [1.54, 1.807) is 41.3 Å². The molecule has 0 saturated carbocycles. The number of nitrogens with zero attached hydrogens (tertiary/aromatic N) is 1. The summed E-state index contributed by atoms with van der Waals surface area (Å²) in [6, 6.07) is 10.2. The van der Waals surface area contributed by atoms with Crippen molar-refractivity contribution < 1.29 is 27.5 Å². The number of carbonyl (C=O) groups is 2. The van der Waals surface area contributed by atoms with E-state index in [-0.39, 0.29) is 35.5 Å². The van der Waals surface area contributed by atoms with Crippen LogP contribution < -0.4 is 14.2 Å². The van der Waals surface area contributed by atoms with Crippen LogP contribution in [0.2, 0.25) is 0 Å². The molecule has 8 nitrogen and oxygen atoms in total. The molecule has 2 heterocycles. The minimum atomic E-state index is -3.67. The van der Waals surface area contributed by atoms with E-state index in [4.69, 9.17) is 9.47 Å². The number of likely N-dealkylation sites (tertiary alicyclic amines) is 1. The van der Waals surface area contributed by atoms with Crippen molar-refractivity contribution in [3.63, 3.8) is 0 Å². The number of carbonyl (C=O) groups excluding carboxylic acids is 2. The number of benzene rings is 2. The highest BCUT2D eigenvalue weighted by Crippen LogP contribution is 2.32. The third-order valence-electron chi connectivity index (χ3n) is 6.46. The molecule has 1 saturated heterocycles. The van der Waals surface area contributed by atoms with Crippen LogP contribution in [0.15, 0.2) is 41.3 Å². The van der Waals surface area contributed by atoms with Crippen LogP contribution >= 0.6 is 0 Å². The molecule has 9 heteroatoms. The minimum absolute atomic E-state index is 0.0319. The van der Waals surface area contributed by atoms with Crippen molar-refractivity contribution in [3.8, 4) is 11.5 Å². The van der Waals surface area contributed by atoms with Gasteiger partial charge < -0.3 is 14.4 Å². The summed E-state index contributed by atoms with van der Waals surface area (Å²) in [4.78, 5) is 27.5. The molecule has 2 aromatic carbocycles. The number of Topliss-reactive ketones (excluding diaryl/α,β-unsaturated/α-hetero) is 1. The van der Waals surface area contributed by atoms with Crippen molar-refractivity contribution in [3.05, 3.63) is 53.1 Å². The SMILES string of the molecule is Cc1ccc(S(=O)(=O)NCCC(=O)N2CCC(C(=O)c3ccc4c(c3)OCCO4)CC2)cc1C. The molecule has 1 N–H and O–H groups in total. The second-order valence-electron chi connectivity index (χ2n) is 8.77. The van der Waals surface area contributed by atoms with Gasteiger partial charge in [0.15, 0.2) is 17.3 Å². The van der Waals surface area contributed by atoms with Crippen LogP contribution in [-0.2, 0) is 14.8 Å². The normalized spacial score (nSPS) is 16.4. The van der Waals surface area contributed by atoms with Crippen LogP contribution in [0.5, 0.6) is 11.5 Å². The van der Waals surface area contributed by atoms with Gasteiger partial charge in [-0.1, -0.05) is 6.07 Å². The van der Waals surface area contributed by atoms with E-state index in [2.05, 4.69) is 4.72 Å². The van der Waals surface area contributed by atoms with Crippen molar-refractivity contribution in [1.82, 2.24) is 9.62 Å². The number of rotatable bonds is 7. The number of aryl methyl sites for hydroxylation is 2. The largest absolute Gasteiger partial charge is 0.486 e. The highest BCUT2D eigenvalue weighted by molar-refractivity contribution is 7.89. The molecule has 1 amide bonds. The van der Waals surface area contributed by atoms with Crippen LogP contribution in [-0.4, -0.2) is 57.9 Å². The van der Waals surface area contributed by atoms with Crippen molar-refractivity contribution in [2.45, 2.75) is 38.0 Å². The molecule has 0 aliphatic carbocycles. The fraction of sp³-hybridized carbons (Fsp3) is 0.440. The van der Waals surface area contributed by atoms with Crippen LogP contribution in [0, 0.1) is 19.8 Å². The van der Waals surface area contributed by atoms with Gasteiger partial charge in [-0.2, -0.15) is 0 Å². The molecule has 1 fully saturated rings. The molecule has 0 aromatic heterocycles. The summed E-state index contributed by atoms with van der Waals surface area (Å²) in [5.74, 6) is 1.01. The summed E-state index contributed by atoms with van der Waals surface area (Å²) in [5, 5.41) is 0. The van der Waals surface area contributed by atoms with E-state index in [1.807, 2.05) is 13.8 Å². The van der Waals surface area contributed by atoms with E-state index >= 15 is 0 Å². The first-order valence-electron chi connectivity index (χ1n) is 11.5. The molecule has 0 radical (unpaired) electrons. The first-order valence-corrected chi connectivity index (χ1v) is 13.0. The predicted molar refractivity (Wildman–Crippen MR) is 127 cm³/mol. The highest BCUT2D eigenvalue weighted by atomic mass is 32.2. The zero-order valence-electron chi connectivity index (χ0n) is 19.5. The standard InChI is InChI=1S/C25H30N2O6S/c1-17-3-5-21(15-18(17)2)34(30,31)26-10-7-24(28)27-11-8-19(9-12-27)25(29)20-4-6-22-23(16-20)33-14-13-32-22/h3-6,15-16,19,26H,7-14H2,1-2H3. The van der Waals surface area contributed by atoms with E-state index in [0.717, 1.165) is 11.1 Å². The Balaban J connectivity index is 1.26. The summed E-state index contributed by atoms with van der Waals surface area (Å²) < 4.78 is 38.6. The van der Waals surface area contributed by atoms with Crippen LogP contribution in [0.25, 0.3) is 0 Å². The van der Waals surface area contributed by atoms with Crippen LogP contribution in [0.4, 0.5) is 0 Å². The lowest BCUT2D eigenvalue weighted by molar-refractivity contribution is -0.132. The monoisotopic (exact) mass is 486 g/mol. The summed E-state index contributed by atoms with van der Waals surface area (Å²) in [6.45, 7) is 5.73. The second-order valence-corrected chi connectivity index (χ2v) is 10.5. The molecule has 2 aliphatic rings. The molecular formula is C25H30N2O6S. The maximum absolute atomic E-state index is 12.9. The Labute approximate surface area is 200 Å². The van der Waals surface area contributed by atoms with Gasteiger partial charge in [-0.05, 0) is 68.1 Å². The average Bonchev–Trinajstić information content (AvgIpc) is 2.84. The number of piperidine rings is 1. The summed E-state index contributed by atoms with van der Waals surface area (Å²) in [5.41, 5.74) is 2.51. The molecule has 0 atom stereocenters. The van der Waals surface area contributed by atoms with Gasteiger partial charge in [0.05, 0.1) is 4.90 Å².